The fourth-order valence-electron chi connectivity index (χ4n) is 1.15. The van der Waals surface area contributed by atoms with Gasteiger partial charge in [-0.15, -0.1) is 11.3 Å². The zero-order valence-electron chi connectivity index (χ0n) is 7.98. The zero-order chi connectivity index (χ0) is 11.5. The van der Waals surface area contributed by atoms with Crippen LogP contribution < -0.4 is 5.32 Å². The van der Waals surface area contributed by atoms with E-state index >= 15 is 0 Å². The Morgan fingerprint density at radius 3 is 2.94 bits per heavy atom. The van der Waals surface area contributed by atoms with Gasteiger partial charge in [0.1, 0.15) is 0 Å². The molecule has 0 aliphatic carbocycles. The van der Waals surface area contributed by atoms with Crippen molar-refractivity contribution in [3.8, 4) is 0 Å². The lowest BCUT2D eigenvalue weighted by Gasteiger charge is -2.06. The number of carboxylic acid groups (broad SMARTS) is 1. The monoisotopic (exact) mass is 254 g/mol. The number of halogens is 1. The third-order valence-electron chi connectivity index (χ3n) is 1.89. The van der Waals surface area contributed by atoms with Crippen LogP contribution in [-0.4, -0.2) is 16.1 Å². The van der Waals surface area contributed by atoms with Crippen LogP contribution in [0.3, 0.4) is 0 Å². The Morgan fingerprint density at radius 1 is 1.50 bits per heavy atom. The third kappa shape index (κ3) is 2.32. The van der Waals surface area contributed by atoms with E-state index in [1.54, 1.807) is 12.3 Å². The molecule has 2 rings (SSSR count). The molecule has 0 bridgehead atoms. The summed E-state index contributed by atoms with van der Waals surface area (Å²) in [5, 5.41) is 14.7. The average Bonchev–Trinajstić information content (AvgIpc) is 2.73. The van der Waals surface area contributed by atoms with Crippen molar-refractivity contribution >= 4 is 39.7 Å². The van der Waals surface area contributed by atoms with E-state index in [1.165, 1.54) is 23.5 Å². The van der Waals surface area contributed by atoms with Crippen LogP contribution in [0.4, 0.5) is 10.8 Å². The van der Waals surface area contributed by atoms with E-state index < -0.39 is 5.97 Å². The first-order valence-corrected chi connectivity index (χ1v) is 5.62. The van der Waals surface area contributed by atoms with Crippen molar-refractivity contribution in [2.24, 2.45) is 0 Å². The summed E-state index contributed by atoms with van der Waals surface area (Å²) in [4.78, 5) is 14.8. The summed E-state index contributed by atoms with van der Waals surface area (Å²) in [6.45, 7) is 0. The second-order valence-electron chi connectivity index (χ2n) is 2.96. The molecule has 16 heavy (non-hydrogen) atoms. The highest BCUT2D eigenvalue weighted by molar-refractivity contribution is 7.13. The maximum atomic E-state index is 10.8. The second kappa shape index (κ2) is 4.51. The van der Waals surface area contributed by atoms with E-state index in [1.807, 2.05) is 5.38 Å². The van der Waals surface area contributed by atoms with Crippen molar-refractivity contribution < 1.29 is 9.90 Å². The molecule has 2 aromatic rings. The third-order valence-corrected chi connectivity index (χ3v) is 2.91. The number of nitrogens with zero attached hydrogens (tertiary/aromatic N) is 1. The number of anilines is 2. The highest BCUT2D eigenvalue weighted by atomic mass is 35.5. The summed E-state index contributed by atoms with van der Waals surface area (Å²) >= 11 is 7.35. The number of rotatable bonds is 3. The second-order valence-corrected chi connectivity index (χ2v) is 4.26. The summed E-state index contributed by atoms with van der Waals surface area (Å²) in [6.07, 6.45) is 1.65. The Hall–Kier alpha value is -1.59. The largest absolute Gasteiger partial charge is 0.478 e. The summed E-state index contributed by atoms with van der Waals surface area (Å²) in [5.41, 5.74) is 0.722. The number of aromatic nitrogens is 1. The number of hydrogen-bond acceptors (Lipinski definition) is 4. The lowest BCUT2D eigenvalue weighted by atomic mass is 10.2. The van der Waals surface area contributed by atoms with Gasteiger partial charge in [0.05, 0.1) is 16.3 Å². The van der Waals surface area contributed by atoms with Crippen LogP contribution in [0, 0.1) is 0 Å². The zero-order valence-corrected chi connectivity index (χ0v) is 9.55. The van der Waals surface area contributed by atoms with Gasteiger partial charge < -0.3 is 10.4 Å². The molecular weight excluding hydrogens is 248 g/mol. The van der Waals surface area contributed by atoms with Crippen LogP contribution in [0.1, 0.15) is 10.4 Å². The van der Waals surface area contributed by atoms with Crippen molar-refractivity contribution in [1.29, 1.82) is 0 Å². The molecule has 1 aromatic carbocycles. The Kier molecular flexibility index (Phi) is 3.07. The standard InChI is InChI=1S/C10H7ClN2O2S/c11-7-2-1-6(9(14)15)5-8(7)13-10-12-3-4-16-10/h1-5H,(H,12,13)(H,14,15). The minimum absolute atomic E-state index is 0.184. The number of hydrogen-bond donors (Lipinski definition) is 2. The highest BCUT2D eigenvalue weighted by Crippen LogP contribution is 2.27. The molecule has 0 atom stereocenters. The molecule has 0 saturated heterocycles. The minimum Gasteiger partial charge on any atom is -0.478 e. The van der Waals surface area contributed by atoms with Crippen molar-refractivity contribution in [1.82, 2.24) is 4.98 Å². The highest BCUT2D eigenvalue weighted by Gasteiger charge is 2.08. The van der Waals surface area contributed by atoms with Gasteiger partial charge in [-0.1, -0.05) is 11.6 Å². The van der Waals surface area contributed by atoms with Gasteiger partial charge in [-0.3, -0.25) is 0 Å². The molecule has 0 aliphatic heterocycles. The van der Waals surface area contributed by atoms with Gasteiger partial charge in [0.25, 0.3) is 0 Å². The molecule has 0 fully saturated rings. The minimum atomic E-state index is -0.987. The molecular formula is C10H7ClN2O2S. The molecule has 0 aliphatic rings. The molecule has 82 valence electrons. The molecule has 0 spiro atoms. The van der Waals surface area contributed by atoms with Crippen LogP contribution in [0.15, 0.2) is 29.8 Å². The van der Waals surface area contributed by atoms with Gasteiger partial charge in [0, 0.05) is 11.6 Å². The fourth-order valence-corrected chi connectivity index (χ4v) is 1.86. The SMILES string of the molecule is O=C(O)c1ccc(Cl)c(Nc2nccs2)c1. The number of aromatic carboxylic acids is 1. The van der Waals surface area contributed by atoms with Gasteiger partial charge in [-0.2, -0.15) is 0 Å². The van der Waals surface area contributed by atoms with Gasteiger partial charge in [-0.05, 0) is 18.2 Å². The molecule has 0 saturated carbocycles. The van der Waals surface area contributed by atoms with E-state index in [-0.39, 0.29) is 5.56 Å². The summed E-state index contributed by atoms with van der Waals surface area (Å²) in [7, 11) is 0. The Balaban J connectivity index is 2.32. The van der Waals surface area contributed by atoms with E-state index in [0.29, 0.717) is 15.8 Å². The molecule has 0 radical (unpaired) electrons. The Bertz CT molecular complexity index is 514. The van der Waals surface area contributed by atoms with Gasteiger partial charge >= 0.3 is 5.97 Å². The van der Waals surface area contributed by atoms with E-state index in [4.69, 9.17) is 16.7 Å². The van der Waals surface area contributed by atoms with Crippen LogP contribution in [-0.2, 0) is 0 Å². The quantitative estimate of drug-likeness (QED) is 0.883. The predicted octanol–water partition coefficient (Wildman–Crippen LogP) is 3.24. The molecule has 1 aromatic heterocycles. The fraction of sp³-hybridized carbons (Fsp3) is 0. The van der Waals surface area contributed by atoms with Crippen LogP contribution in [0.5, 0.6) is 0 Å². The number of carbonyl (C=O) groups is 1. The van der Waals surface area contributed by atoms with Crippen molar-refractivity contribution in [3.05, 3.63) is 40.4 Å². The van der Waals surface area contributed by atoms with Crippen LogP contribution in [0.25, 0.3) is 0 Å². The van der Waals surface area contributed by atoms with Crippen LogP contribution in [0.2, 0.25) is 5.02 Å². The average molecular weight is 255 g/mol. The number of carboxylic acids is 1. The van der Waals surface area contributed by atoms with Gasteiger partial charge in [0.15, 0.2) is 5.13 Å². The van der Waals surface area contributed by atoms with Crippen LogP contribution >= 0.6 is 22.9 Å². The maximum Gasteiger partial charge on any atom is 0.335 e. The topological polar surface area (TPSA) is 62.2 Å². The molecule has 0 amide bonds. The Morgan fingerprint density at radius 2 is 2.31 bits per heavy atom. The Labute approximate surface area is 101 Å². The molecule has 0 unspecified atom stereocenters. The summed E-state index contributed by atoms with van der Waals surface area (Å²) in [5.74, 6) is -0.987. The number of thiazole rings is 1. The van der Waals surface area contributed by atoms with Crippen molar-refractivity contribution in [3.63, 3.8) is 0 Å². The lowest BCUT2D eigenvalue weighted by Crippen LogP contribution is -1.98. The summed E-state index contributed by atoms with van der Waals surface area (Å²) in [6, 6.07) is 4.48. The van der Waals surface area contributed by atoms with E-state index in [9.17, 15) is 4.79 Å². The molecule has 4 nitrogen and oxygen atoms in total. The maximum absolute atomic E-state index is 10.8. The van der Waals surface area contributed by atoms with Crippen molar-refractivity contribution in [2.75, 3.05) is 5.32 Å². The first-order valence-electron chi connectivity index (χ1n) is 4.36. The smallest absolute Gasteiger partial charge is 0.335 e. The van der Waals surface area contributed by atoms with E-state index in [0.717, 1.165) is 0 Å². The molecule has 6 heteroatoms. The van der Waals surface area contributed by atoms with Crippen molar-refractivity contribution in [2.45, 2.75) is 0 Å². The number of benzene rings is 1. The molecule has 2 N–H and O–H groups in total. The predicted molar refractivity (Wildman–Crippen MR) is 63.8 cm³/mol. The summed E-state index contributed by atoms with van der Waals surface area (Å²) < 4.78 is 0. The molecule has 1 heterocycles. The van der Waals surface area contributed by atoms with Gasteiger partial charge in [0.2, 0.25) is 0 Å². The normalized spacial score (nSPS) is 10.1. The lowest BCUT2D eigenvalue weighted by molar-refractivity contribution is 0.0697. The first kappa shape index (κ1) is 10.9. The van der Waals surface area contributed by atoms with Gasteiger partial charge in [-0.25, -0.2) is 9.78 Å². The first-order chi connectivity index (χ1) is 7.66. The van der Waals surface area contributed by atoms with E-state index in [2.05, 4.69) is 10.3 Å². The number of nitrogens with one attached hydrogen (secondary N) is 1.